The van der Waals surface area contributed by atoms with Crippen molar-refractivity contribution >= 4 is 11.0 Å². The third-order valence-electron chi connectivity index (χ3n) is 5.80. The zero-order valence-corrected chi connectivity index (χ0v) is 14.5. The maximum atomic E-state index is 5.65. The molecule has 2 fully saturated rings. The minimum atomic E-state index is 0.444. The van der Waals surface area contributed by atoms with Gasteiger partial charge in [-0.15, -0.1) is 0 Å². The molecule has 2 atom stereocenters. The Morgan fingerprint density at radius 2 is 2.12 bits per heavy atom. The maximum Gasteiger partial charge on any atom is 0.134 e. The van der Waals surface area contributed by atoms with Crippen LogP contribution >= 0.6 is 0 Å². The Labute approximate surface area is 143 Å². The molecule has 1 aromatic carbocycles. The maximum absolute atomic E-state index is 5.65. The fourth-order valence-electron chi connectivity index (χ4n) is 4.29. The van der Waals surface area contributed by atoms with Crippen molar-refractivity contribution < 1.29 is 9.15 Å². The lowest BCUT2D eigenvalue weighted by Crippen LogP contribution is -2.39. The molecular weight excluding hydrogens is 300 g/mol. The van der Waals surface area contributed by atoms with Gasteiger partial charge in [0.2, 0.25) is 0 Å². The summed E-state index contributed by atoms with van der Waals surface area (Å²) in [4.78, 5) is 0. The zero-order valence-electron chi connectivity index (χ0n) is 14.5. The molecule has 4 heteroatoms. The van der Waals surface area contributed by atoms with Crippen molar-refractivity contribution in [2.24, 2.45) is 5.41 Å². The van der Waals surface area contributed by atoms with E-state index in [0.29, 0.717) is 17.5 Å². The molecule has 4 nitrogen and oxygen atoms in total. The highest BCUT2D eigenvalue weighted by Crippen LogP contribution is 2.38. The van der Waals surface area contributed by atoms with Crippen LogP contribution in [0.5, 0.6) is 0 Å². The molecule has 2 aliphatic rings. The van der Waals surface area contributed by atoms with Crippen LogP contribution in [0.3, 0.4) is 0 Å². The Balaban J connectivity index is 1.28. The van der Waals surface area contributed by atoms with Crippen LogP contribution in [0.25, 0.3) is 11.0 Å². The van der Waals surface area contributed by atoms with E-state index >= 15 is 0 Å². The van der Waals surface area contributed by atoms with E-state index in [1.54, 1.807) is 0 Å². The number of hydrogen-bond acceptors (Lipinski definition) is 4. The summed E-state index contributed by atoms with van der Waals surface area (Å²) in [5.74, 6) is 0. The van der Waals surface area contributed by atoms with Crippen molar-refractivity contribution in [3.05, 3.63) is 36.1 Å². The molecule has 1 spiro atoms. The molecule has 0 saturated carbocycles. The molecule has 2 saturated heterocycles. The summed E-state index contributed by atoms with van der Waals surface area (Å²) in [5.41, 5.74) is 2.78. The molecule has 2 aliphatic heterocycles. The van der Waals surface area contributed by atoms with E-state index < -0.39 is 0 Å². The number of ether oxygens (including phenoxy) is 1. The number of fused-ring (bicyclic) bond motifs is 1. The van der Waals surface area contributed by atoms with Gasteiger partial charge in [-0.2, -0.15) is 0 Å². The van der Waals surface area contributed by atoms with Gasteiger partial charge in [0.05, 0.1) is 6.26 Å². The van der Waals surface area contributed by atoms with Gasteiger partial charge >= 0.3 is 0 Å². The lowest BCUT2D eigenvalue weighted by atomic mass is 9.78. The summed E-state index contributed by atoms with van der Waals surface area (Å²) >= 11 is 0. The summed E-state index contributed by atoms with van der Waals surface area (Å²) in [6, 6.07) is 9.32. The van der Waals surface area contributed by atoms with Crippen LogP contribution in [0, 0.1) is 5.41 Å². The second-order valence-corrected chi connectivity index (χ2v) is 7.66. The highest BCUT2D eigenvalue weighted by atomic mass is 16.5. The first-order chi connectivity index (χ1) is 11.7. The second-order valence-electron chi connectivity index (χ2n) is 7.66. The molecule has 4 rings (SSSR count). The fraction of sp³-hybridized carbons (Fsp3) is 0.600. The van der Waals surface area contributed by atoms with Gasteiger partial charge in [-0.1, -0.05) is 18.2 Å². The van der Waals surface area contributed by atoms with Crippen LogP contribution in [0.4, 0.5) is 0 Å². The Bertz CT molecular complexity index is 675. The second kappa shape index (κ2) is 6.87. The Morgan fingerprint density at radius 1 is 1.29 bits per heavy atom. The first-order valence-corrected chi connectivity index (χ1v) is 9.24. The molecule has 0 aliphatic carbocycles. The molecule has 0 amide bonds. The van der Waals surface area contributed by atoms with Crippen LogP contribution in [0.1, 0.15) is 31.7 Å². The Morgan fingerprint density at radius 3 is 3.00 bits per heavy atom. The highest BCUT2D eigenvalue weighted by molar-refractivity contribution is 5.80. The number of para-hydroxylation sites is 1. The summed E-state index contributed by atoms with van der Waals surface area (Å²) < 4.78 is 11.2. The third-order valence-corrected chi connectivity index (χ3v) is 5.80. The average molecular weight is 328 g/mol. The normalized spacial score (nSPS) is 24.6. The fourth-order valence-corrected chi connectivity index (χ4v) is 4.29. The topological polar surface area (TPSA) is 46.4 Å². The molecule has 0 radical (unpaired) electrons. The van der Waals surface area contributed by atoms with Gasteiger partial charge in [-0.25, -0.2) is 0 Å². The van der Waals surface area contributed by atoms with Crippen molar-refractivity contribution in [1.29, 1.82) is 0 Å². The summed E-state index contributed by atoms with van der Waals surface area (Å²) in [5, 5.41) is 8.68. The predicted octanol–water partition coefficient (Wildman–Crippen LogP) is 3.11. The van der Waals surface area contributed by atoms with Crippen molar-refractivity contribution in [3.8, 4) is 0 Å². The van der Waals surface area contributed by atoms with Crippen LogP contribution in [-0.2, 0) is 11.2 Å². The summed E-state index contributed by atoms with van der Waals surface area (Å²) in [7, 11) is 0. The van der Waals surface area contributed by atoms with Crippen molar-refractivity contribution in [1.82, 2.24) is 10.6 Å². The lowest BCUT2D eigenvalue weighted by Gasteiger charge is -2.32. The molecule has 1 aromatic heterocycles. The van der Waals surface area contributed by atoms with Gasteiger partial charge in [0.15, 0.2) is 0 Å². The molecule has 130 valence electrons. The van der Waals surface area contributed by atoms with E-state index in [1.165, 1.54) is 30.2 Å². The Kier molecular flexibility index (Phi) is 4.61. The number of furan rings is 1. The van der Waals surface area contributed by atoms with Crippen LogP contribution in [0.2, 0.25) is 0 Å². The smallest absolute Gasteiger partial charge is 0.134 e. The minimum absolute atomic E-state index is 0.444. The number of hydrogen-bond donors (Lipinski definition) is 2. The van der Waals surface area contributed by atoms with E-state index in [9.17, 15) is 0 Å². The summed E-state index contributed by atoms with van der Waals surface area (Å²) in [6.45, 7) is 6.33. The average Bonchev–Trinajstić information content (AvgIpc) is 3.19. The van der Waals surface area contributed by atoms with Gasteiger partial charge in [-0.05, 0) is 49.7 Å². The van der Waals surface area contributed by atoms with E-state index in [2.05, 4.69) is 29.7 Å². The molecule has 3 heterocycles. The van der Waals surface area contributed by atoms with Gasteiger partial charge in [-0.3, -0.25) is 0 Å². The number of benzene rings is 1. The zero-order chi connectivity index (χ0) is 16.4. The first kappa shape index (κ1) is 16.1. The monoisotopic (exact) mass is 328 g/mol. The SMILES string of the molecule is CC(Cc1coc2ccccc12)NCC1CC2(CCOCC2)CN1. The minimum Gasteiger partial charge on any atom is -0.464 e. The van der Waals surface area contributed by atoms with Gasteiger partial charge in [0.25, 0.3) is 0 Å². The van der Waals surface area contributed by atoms with E-state index in [0.717, 1.165) is 38.3 Å². The van der Waals surface area contributed by atoms with Crippen LogP contribution < -0.4 is 10.6 Å². The van der Waals surface area contributed by atoms with Crippen molar-refractivity contribution in [2.75, 3.05) is 26.3 Å². The largest absolute Gasteiger partial charge is 0.464 e. The van der Waals surface area contributed by atoms with Gasteiger partial charge in [0.1, 0.15) is 5.58 Å². The van der Waals surface area contributed by atoms with Crippen LogP contribution in [-0.4, -0.2) is 38.4 Å². The number of rotatable bonds is 5. The summed E-state index contributed by atoms with van der Waals surface area (Å²) in [6.07, 6.45) is 6.63. The molecule has 2 aromatic rings. The molecule has 0 bridgehead atoms. The quantitative estimate of drug-likeness (QED) is 0.885. The first-order valence-electron chi connectivity index (χ1n) is 9.24. The highest BCUT2D eigenvalue weighted by Gasteiger charge is 2.39. The molecule has 24 heavy (non-hydrogen) atoms. The lowest BCUT2D eigenvalue weighted by molar-refractivity contribution is 0.0234. The predicted molar refractivity (Wildman–Crippen MR) is 96.3 cm³/mol. The molecule has 2 unspecified atom stereocenters. The van der Waals surface area contributed by atoms with Crippen molar-refractivity contribution in [3.63, 3.8) is 0 Å². The molecule has 2 N–H and O–H groups in total. The van der Waals surface area contributed by atoms with Gasteiger partial charge < -0.3 is 19.8 Å². The standard InChI is InChI=1S/C20H28N2O2/c1-15(10-16-13-24-19-5-3-2-4-18(16)19)21-12-17-11-20(14-22-17)6-8-23-9-7-20/h2-5,13,15,17,21-22H,6-12,14H2,1H3. The van der Waals surface area contributed by atoms with E-state index in [1.807, 2.05) is 18.4 Å². The van der Waals surface area contributed by atoms with Gasteiger partial charge in [0, 0.05) is 43.8 Å². The van der Waals surface area contributed by atoms with Crippen molar-refractivity contribution in [2.45, 2.75) is 44.7 Å². The third kappa shape index (κ3) is 3.37. The number of nitrogens with one attached hydrogen (secondary N) is 2. The van der Waals surface area contributed by atoms with Crippen LogP contribution in [0.15, 0.2) is 34.9 Å². The van der Waals surface area contributed by atoms with E-state index in [4.69, 9.17) is 9.15 Å². The molecular formula is C20H28N2O2. The van der Waals surface area contributed by atoms with E-state index in [-0.39, 0.29) is 0 Å². The Hall–Kier alpha value is -1.36.